The van der Waals surface area contributed by atoms with E-state index in [-0.39, 0.29) is 0 Å². The lowest BCUT2D eigenvalue weighted by atomic mass is 10.1. The number of hydrogen-bond donors (Lipinski definition) is 1. The van der Waals surface area contributed by atoms with E-state index < -0.39 is 0 Å². The van der Waals surface area contributed by atoms with Gasteiger partial charge >= 0.3 is 0 Å². The number of rotatable bonds is 5. The fourth-order valence-electron chi connectivity index (χ4n) is 2.86. The molecular weight excluding hydrogens is 258 g/mol. The lowest BCUT2D eigenvalue weighted by molar-refractivity contribution is 0.708. The lowest BCUT2D eigenvalue weighted by Gasteiger charge is -2.37. The Morgan fingerprint density at radius 2 is 1.62 bits per heavy atom. The van der Waals surface area contributed by atoms with Crippen molar-refractivity contribution in [1.82, 2.24) is 0 Å². The van der Waals surface area contributed by atoms with Crippen molar-refractivity contribution in [3.05, 3.63) is 54.6 Å². The van der Waals surface area contributed by atoms with E-state index in [0.717, 1.165) is 32.6 Å². The number of fused-ring (bicyclic) bond motifs is 1. The predicted octanol–water partition coefficient (Wildman–Crippen LogP) is 3.45. The van der Waals surface area contributed by atoms with Gasteiger partial charge in [0.1, 0.15) is 0 Å². The molecule has 0 saturated carbocycles. The zero-order valence-corrected chi connectivity index (χ0v) is 12.6. The molecule has 0 aliphatic carbocycles. The highest BCUT2D eigenvalue weighted by Gasteiger charge is 2.18. The highest BCUT2D eigenvalue weighted by Crippen LogP contribution is 2.31. The largest absolute Gasteiger partial charge is 0.385 e. The third-order valence-electron chi connectivity index (χ3n) is 4.05. The smallest absolute Gasteiger partial charge is 0.0604 e. The minimum absolute atomic E-state index is 1.01. The van der Waals surface area contributed by atoms with E-state index in [1.807, 2.05) is 6.07 Å². The third kappa shape index (κ3) is 3.30. The van der Waals surface area contributed by atoms with E-state index in [0.29, 0.717) is 0 Å². The molecule has 0 unspecified atom stereocenters. The van der Waals surface area contributed by atoms with Gasteiger partial charge in [-0.3, -0.25) is 0 Å². The Morgan fingerprint density at radius 3 is 2.43 bits per heavy atom. The van der Waals surface area contributed by atoms with E-state index in [1.54, 1.807) is 0 Å². The van der Waals surface area contributed by atoms with Gasteiger partial charge in [-0.1, -0.05) is 30.3 Å². The minimum Gasteiger partial charge on any atom is -0.385 e. The summed E-state index contributed by atoms with van der Waals surface area (Å²) >= 11 is 0. The second kappa shape index (κ2) is 6.53. The summed E-state index contributed by atoms with van der Waals surface area (Å²) in [5.74, 6) is 0. The van der Waals surface area contributed by atoms with Crippen LogP contribution in [0.2, 0.25) is 0 Å². The summed E-state index contributed by atoms with van der Waals surface area (Å²) in [6.45, 7) is 4.32. The van der Waals surface area contributed by atoms with Gasteiger partial charge in [-0.05, 0) is 30.7 Å². The number of benzene rings is 2. The van der Waals surface area contributed by atoms with Crippen LogP contribution in [-0.4, -0.2) is 33.2 Å². The van der Waals surface area contributed by atoms with Gasteiger partial charge < -0.3 is 15.1 Å². The molecule has 0 radical (unpaired) electrons. The van der Waals surface area contributed by atoms with E-state index in [1.165, 1.54) is 17.1 Å². The number of nitrogens with one attached hydrogen (secondary N) is 1. The Labute approximate surface area is 127 Å². The number of para-hydroxylation sites is 3. The van der Waals surface area contributed by atoms with Gasteiger partial charge in [0.05, 0.1) is 11.4 Å². The molecule has 0 atom stereocenters. The molecule has 110 valence electrons. The molecule has 2 aromatic rings. The normalized spacial score (nSPS) is 14.0. The topological polar surface area (TPSA) is 18.5 Å². The summed E-state index contributed by atoms with van der Waals surface area (Å²) in [7, 11) is 2.17. The van der Waals surface area contributed by atoms with Crippen LogP contribution in [0.4, 0.5) is 17.1 Å². The van der Waals surface area contributed by atoms with Crippen LogP contribution in [-0.2, 0) is 0 Å². The number of hydrogen-bond acceptors (Lipinski definition) is 3. The first-order chi connectivity index (χ1) is 10.3. The predicted molar refractivity (Wildman–Crippen MR) is 91.5 cm³/mol. The van der Waals surface area contributed by atoms with Crippen molar-refractivity contribution in [2.24, 2.45) is 0 Å². The first kappa shape index (κ1) is 13.8. The van der Waals surface area contributed by atoms with Crippen molar-refractivity contribution in [2.45, 2.75) is 6.42 Å². The Hall–Kier alpha value is -2.16. The highest BCUT2D eigenvalue weighted by atomic mass is 15.2. The maximum atomic E-state index is 3.48. The van der Waals surface area contributed by atoms with Crippen LogP contribution in [0.1, 0.15) is 6.42 Å². The van der Waals surface area contributed by atoms with Gasteiger partial charge in [0.2, 0.25) is 0 Å². The summed E-state index contributed by atoms with van der Waals surface area (Å²) in [6, 6.07) is 19.1. The average molecular weight is 281 g/mol. The monoisotopic (exact) mass is 281 g/mol. The van der Waals surface area contributed by atoms with Crippen LogP contribution in [0.5, 0.6) is 0 Å². The molecule has 0 aromatic heterocycles. The van der Waals surface area contributed by atoms with Crippen molar-refractivity contribution in [1.29, 1.82) is 0 Å². The van der Waals surface area contributed by atoms with Gasteiger partial charge in [0.15, 0.2) is 0 Å². The SMILES string of the molecule is CN1CCN(CCCNc2ccccc2)c2ccccc21. The molecule has 2 aromatic carbocycles. The summed E-state index contributed by atoms with van der Waals surface area (Å²) < 4.78 is 0. The molecule has 3 nitrogen and oxygen atoms in total. The van der Waals surface area contributed by atoms with Gasteiger partial charge in [-0.25, -0.2) is 0 Å². The Morgan fingerprint density at radius 1 is 0.905 bits per heavy atom. The van der Waals surface area contributed by atoms with Crippen molar-refractivity contribution in [3.63, 3.8) is 0 Å². The van der Waals surface area contributed by atoms with Gasteiger partial charge in [0.25, 0.3) is 0 Å². The van der Waals surface area contributed by atoms with E-state index in [9.17, 15) is 0 Å². The zero-order valence-electron chi connectivity index (χ0n) is 12.6. The third-order valence-corrected chi connectivity index (χ3v) is 4.05. The molecule has 3 rings (SSSR count). The first-order valence-electron chi connectivity index (χ1n) is 7.68. The van der Waals surface area contributed by atoms with E-state index in [2.05, 4.69) is 70.7 Å². The first-order valence-corrected chi connectivity index (χ1v) is 7.68. The van der Waals surface area contributed by atoms with Crippen LogP contribution >= 0.6 is 0 Å². The van der Waals surface area contributed by atoms with Gasteiger partial charge in [-0.2, -0.15) is 0 Å². The summed E-state index contributed by atoms with van der Waals surface area (Å²) in [5, 5.41) is 3.48. The Balaban J connectivity index is 1.53. The molecule has 0 fully saturated rings. The molecule has 1 N–H and O–H groups in total. The molecule has 0 spiro atoms. The fraction of sp³-hybridized carbons (Fsp3) is 0.333. The van der Waals surface area contributed by atoms with Crippen LogP contribution in [0.15, 0.2) is 54.6 Å². The second-order valence-corrected chi connectivity index (χ2v) is 5.54. The van der Waals surface area contributed by atoms with Crippen molar-refractivity contribution >= 4 is 17.1 Å². The second-order valence-electron chi connectivity index (χ2n) is 5.54. The molecule has 1 aliphatic rings. The number of likely N-dealkylation sites (N-methyl/N-ethyl adjacent to an activating group) is 1. The molecule has 21 heavy (non-hydrogen) atoms. The summed E-state index contributed by atoms with van der Waals surface area (Å²) in [6.07, 6.45) is 1.15. The van der Waals surface area contributed by atoms with Crippen molar-refractivity contribution < 1.29 is 0 Å². The van der Waals surface area contributed by atoms with Crippen LogP contribution < -0.4 is 15.1 Å². The van der Waals surface area contributed by atoms with E-state index >= 15 is 0 Å². The quantitative estimate of drug-likeness (QED) is 0.847. The standard InChI is InChI=1S/C18H23N3/c1-20-14-15-21(18-11-6-5-10-17(18)20)13-7-12-19-16-8-3-2-4-9-16/h2-6,8-11,19H,7,12-15H2,1H3. The maximum Gasteiger partial charge on any atom is 0.0604 e. The molecule has 1 heterocycles. The fourth-order valence-corrected chi connectivity index (χ4v) is 2.86. The average Bonchev–Trinajstić information content (AvgIpc) is 2.55. The van der Waals surface area contributed by atoms with Crippen LogP contribution in [0.3, 0.4) is 0 Å². The molecule has 1 aliphatic heterocycles. The van der Waals surface area contributed by atoms with Gasteiger partial charge in [-0.15, -0.1) is 0 Å². The zero-order chi connectivity index (χ0) is 14.5. The van der Waals surface area contributed by atoms with Crippen molar-refractivity contribution in [3.8, 4) is 0 Å². The van der Waals surface area contributed by atoms with Crippen LogP contribution in [0, 0.1) is 0 Å². The summed E-state index contributed by atoms with van der Waals surface area (Å²) in [4.78, 5) is 4.84. The van der Waals surface area contributed by atoms with Gasteiger partial charge in [0, 0.05) is 38.9 Å². The molecule has 0 amide bonds. The highest BCUT2D eigenvalue weighted by molar-refractivity contribution is 5.73. The minimum atomic E-state index is 1.01. The van der Waals surface area contributed by atoms with Crippen LogP contribution in [0.25, 0.3) is 0 Å². The van der Waals surface area contributed by atoms with Crippen molar-refractivity contribution in [2.75, 3.05) is 48.3 Å². The summed E-state index contributed by atoms with van der Waals surface area (Å²) in [5.41, 5.74) is 3.92. The Bertz CT molecular complexity index is 568. The molecular formula is C18H23N3. The molecule has 3 heteroatoms. The Kier molecular flexibility index (Phi) is 4.29. The molecule has 0 saturated heterocycles. The number of anilines is 3. The number of nitrogens with zero attached hydrogens (tertiary/aromatic N) is 2. The van der Waals surface area contributed by atoms with E-state index in [4.69, 9.17) is 0 Å². The molecule has 0 bridgehead atoms. The maximum absolute atomic E-state index is 3.48. The lowest BCUT2D eigenvalue weighted by Crippen LogP contribution is -2.40.